The standard InChI is InChI=1S/C26H34N4O3S/c31-25(28-19-21-11-4-5-12-22(21)20-30-17-9-2-10-18-30)15-3-1-8-16-27-26-23-13-6-7-14-24(23)34(32,33)29-26/h4-7,11-14H,1-3,8-10,15-20H2,(H,27,29)(H,28,31). The predicted octanol–water partition coefficient (Wildman–Crippen LogP) is 3.59. The van der Waals surface area contributed by atoms with Gasteiger partial charge in [0.15, 0.2) is 0 Å². The number of amides is 1. The van der Waals surface area contributed by atoms with E-state index in [2.05, 4.69) is 38.1 Å². The number of hydrogen-bond donors (Lipinski definition) is 2. The molecular formula is C26H34N4O3S. The van der Waals surface area contributed by atoms with Gasteiger partial charge in [-0.3, -0.25) is 19.4 Å². The molecule has 0 bridgehead atoms. The average Bonchev–Trinajstić information content (AvgIpc) is 3.11. The maximum Gasteiger partial charge on any atom is 0.263 e. The van der Waals surface area contributed by atoms with Crippen LogP contribution in [0.4, 0.5) is 0 Å². The van der Waals surface area contributed by atoms with Crippen molar-refractivity contribution in [3.05, 3.63) is 65.2 Å². The van der Waals surface area contributed by atoms with Gasteiger partial charge in [0, 0.05) is 31.6 Å². The van der Waals surface area contributed by atoms with Crippen LogP contribution in [-0.2, 0) is 27.9 Å². The van der Waals surface area contributed by atoms with E-state index in [-0.39, 0.29) is 10.8 Å². The summed E-state index contributed by atoms with van der Waals surface area (Å²) < 4.78 is 26.8. The Balaban J connectivity index is 1.16. The van der Waals surface area contributed by atoms with E-state index < -0.39 is 10.0 Å². The summed E-state index contributed by atoms with van der Waals surface area (Å²) >= 11 is 0. The number of nitrogens with one attached hydrogen (secondary N) is 2. The first-order chi connectivity index (χ1) is 16.5. The van der Waals surface area contributed by atoms with Crippen LogP contribution in [0, 0.1) is 0 Å². The first-order valence-corrected chi connectivity index (χ1v) is 13.7. The molecule has 0 radical (unpaired) electrons. The number of fused-ring (bicyclic) bond motifs is 1. The molecule has 2 N–H and O–H groups in total. The first kappa shape index (κ1) is 24.4. The Kier molecular flexibility index (Phi) is 8.34. The molecule has 2 aromatic rings. The minimum absolute atomic E-state index is 0.0663. The quantitative estimate of drug-likeness (QED) is 0.507. The summed E-state index contributed by atoms with van der Waals surface area (Å²) in [5, 5.41) is 3.07. The third kappa shape index (κ3) is 6.45. The molecule has 7 nitrogen and oxygen atoms in total. The molecule has 0 saturated carbocycles. The van der Waals surface area contributed by atoms with Crippen molar-refractivity contribution in [1.29, 1.82) is 0 Å². The van der Waals surface area contributed by atoms with Crippen LogP contribution in [0.3, 0.4) is 0 Å². The molecule has 2 aliphatic rings. The number of hydrogen-bond acceptors (Lipinski definition) is 5. The van der Waals surface area contributed by atoms with Crippen molar-refractivity contribution >= 4 is 21.8 Å². The molecule has 182 valence electrons. The molecule has 8 heteroatoms. The summed E-state index contributed by atoms with van der Waals surface area (Å²) in [7, 11) is -3.49. The van der Waals surface area contributed by atoms with Crippen molar-refractivity contribution in [2.24, 2.45) is 4.99 Å². The smallest absolute Gasteiger partial charge is 0.263 e. The normalized spacial score (nSPS) is 18.4. The second kappa shape index (κ2) is 11.6. The van der Waals surface area contributed by atoms with Crippen molar-refractivity contribution in [1.82, 2.24) is 14.9 Å². The fraction of sp³-hybridized carbons (Fsp3) is 0.462. The molecule has 0 atom stereocenters. The minimum Gasteiger partial charge on any atom is -0.352 e. The zero-order valence-corrected chi connectivity index (χ0v) is 20.4. The van der Waals surface area contributed by atoms with E-state index in [1.165, 1.54) is 30.4 Å². The number of rotatable bonds is 10. The van der Waals surface area contributed by atoms with Gasteiger partial charge >= 0.3 is 0 Å². The molecule has 34 heavy (non-hydrogen) atoms. The molecule has 4 rings (SSSR count). The Labute approximate surface area is 202 Å². The summed E-state index contributed by atoms with van der Waals surface area (Å²) in [6, 6.07) is 15.2. The van der Waals surface area contributed by atoms with Gasteiger partial charge < -0.3 is 5.32 Å². The number of carbonyl (C=O) groups is 1. The Bertz CT molecular complexity index is 1120. The number of benzene rings is 2. The van der Waals surface area contributed by atoms with Gasteiger partial charge in [0.1, 0.15) is 5.84 Å². The van der Waals surface area contributed by atoms with Gasteiger partial charge in [0.2, 0.25) is 5.91 Å². The van der Waals surface area contributed by atoms with E-state index in [0.29, 0.717) is 30.9 Å². The van der Waals surface area contributed by atoms with E-state index >= 15 is 0 Å². The van der Waals surface area contributed by atoms with Crippen LogP contribution in [0.25, 0.3) is 0 Å². The fourth-order valence-electron chi connectivity index (χ4n) is 4.54. The number of piperidine rings is 1. The van der Waals surface area contributed by atoms with Gasteiger partial charge in [-0.15, -0.1) is 0 Å². The van der Waals surface area contributed by atoms with Gasteiger partial charge in [-0.05, 0) is 62.0 Å². The number of sulfonamides is 1. The maximum atomic E-state index is 12.3. The van der Waals surface area contributed by atoms with Crippen LogP contribution in [0.15, 0.2) is 58.4 Å². The highest BCUT2D eigenvalue weighted by Gasteiger charge is 2.29. The van der Waals surface area contributed by atoms with Gasteiger partial charge in [0.25, 0.3) is 10.0 Å². The average molecular weight is 483 g/mol. The number of nitrogens with zero attached hydrogens (tertiary/aromatic N) is 2. The van der Waals surface area contributed by atoms with Crippen LogP contribution < -0.4 is 10.0 Å². The Morgan fingerprint density at radius 1 is 0.941 bits per heavy atom. The lowest BCUT2D eigenvalue weighted by atomic mass is 10.0. The van der Waals surface area contributed by atoms with Crippen molar-refractivity contribution in [2.45, 2.75) is 62.9 Å². The molecule has 1 saturated heterocycles. The predicted molar refractivity (Wildman–Crippen MR) is 134 cm³/mol. The zero-order valence-electron chi connectivity index (χ0n) is 19.6. The first-order valence-electron chi connectivity index (χ1n) is 12.3. The lowest BCUT2D eigenvalue weighted by molar-refractivity contribution is -0.121. The monoisotopic (exact) mass is 482 g/mol. The summed E-state index contributed by atoms with van der Waals surface area (Å²) in [5.41, 5.74) is 3.12. The summed E-state index contributed by atoms with van der Waals surface area (Å²) in [6.07, 6.45) is 6.82. The highest BCUT2D eigenvalue weighted by Crippen LogP contribution is 2.22. The van der Waals surface area contributed by atoms with Crippen LogP contribution in [0.2, 0.25) is 0 Å². The molecule has 1 fully saturated rings. The molecule has 2 heterocycles. The second-order valence-corrected chi connectivity index (χ2v) is 10.7. The van der Waals surface area contributed by atoms with Gasteiger partial charge in [-0.2, -0.15) is 0 Å². The molecule has 0 spiro atoms. The minimum atomic E-state index is -3.49. The van der Waals surface area contributed by atoms with Crippen LogP contribution in [0.5, 0.6) is 0 Å². The molecule has 1 amide bonds. The van der Waals surface area contributed by atoms with Crippen LogP contribution >= 0.6 is 0 Å². The highest BCUT2D eigenvalue weighted by atomic mass is 32.2. The Hall–Kier alpha value is -2.71. The van der Waals surface area contributed by atoms with Crippen LogP contribution in [-0.4, -0.2) is 44.7 Å². The second-order valence-electron chi connectivity index (χ2n) is 9.02. The Morgan fingerprint density at radius 3 is 2.50 bits per heavy atom. The van der Waals surface area contributed by atoms with Crippen molar-refractivity contribution in [3.63, 3.8) is 0 Å². The van der Waals surface area contributed by atoms with Crippen LogP contribution in [0.1, 0.15) is 61.6 Å². The van der Waals surface area contributed by atoms with Gasteiger partial charge in [-0.25, -0.2) is 8.42 Å². The van der Waals surface area contributed by atoms with Crippen molar-refractivity contribution < 1.29 is 13.2 Å². The van der Waals surface area contributed by atoms with E-state index in [0.717, 1.165) is 38.9 Å². The molecule has 2 aliphatic heterocycles. The summed E-state index contributed by atoms with van der Waals surface area (Å²) in [4.78, 5) is 19.6. The summed E-state index contributed by atoms with van der Waals surface area (Å²) in [5.74, 6) is 0.480. The van der Waals surface area contributed by atoms with Crippen molar-refractivity contribution in [3.8, 4) is 0 Å². The largest absolute Gasteiger partial charge is 0.352 e. The summed E-state index contributed by atoms with van der Waals surface area (Å²) in [6.45, 7) is 4.36. The third-order valence-corrected chi connectivity index (χ3v) is 7.83. The van der Waals surface area contributed by atoms with E-state index in [9.17, 15) is 13.2 Å². The molecule has 0 aliphatic carbocycles. The van der Waals surface area contributed by atoms with Gasteiger partial charge in [0.05, 0.1) is 4.90 Å². The zero-order chi connectivity index (χ0) is 23.8. The molecule has 0 unspecified atom stereocenters. The number of likely N-dealkylation sites (tertiary alicyclic amines) is 1. The SMILES string of the molecule is O=C(CCCCCN=C1NS(=O)(=O)c2ccccc21)NCc1ccccc1CN1CCCCC1. The molecule has 2 aromatic carbocycles. The van der Waals surface area contributed by atoms with E-state index in [1.54, 1.807) is 18.2 Å². The lowest BCUT2D eigenvalue weighted by Crippen LogP contribution is -2.30. The molecule has 0 aromatic heterocycles. The number of unbranched alkanes of at least 4 members (excludes halogenated alkanes) is 2. The fourth-order valence-corrected chi connectivity index (χ4v) is 5.79. The van der Waals surface area contributed by atoms with Crippen molar-refractivity contribution in [2.75, 3.05) is 19.6 Å². The van der Waals surface area contributed by atoms with E-state index in [4.69, 9.17) is 0 Å². The number of amidine groups is 1. The topological polar surface area (TPSA) is 90.9 Å². The van der Waals surface area contributed by atoms with Gasteiger partial charge in [-0.1, -0.05) is 49.2 Å². The number of aliphatic imine (C=N–C) groups is 1. The lowest BCUT2D eigenvalue weighted by Gasteiger charge is -2.27. The third-order valence-electron chi connectivity index (χ3n) is 6.43. The number of carbonyl (C=O) groups excluding carboxylic acids is 1. The Morgan fingerprint density at radius 2 is 1.68 bits per heavy atom. The highest BCUT2D eigenvalue weighted by molar-refractivity contribution is 7.90. The van der Waals surface area contributed by atoms with E-state index in [1.807, 2.05) is 12.1 Å². The maximum absolute atomic E-state index is 12.3. The molecular weight excluding hydrogens is 448 g/mol.